The van der Waals surface area contributed by atoms with E-state index in [-0.39, 0.29) is 12.1 Å². The van der Waals surface area contributed by atoms with Crippen molar-refractivity contribution in [1.29, 1.82) is 0 Å². The number of nitrogens with one attached hydrogen (secondary N) is 1. The SMILES string of the molecule is COc1cccc(C2c3cccn3-c3sc4c(c3CN2C(=O)Nc2cccc(C)c2C)CCCC4)c1. The van der Waals surface area contributed by atoms with E-state index in [0.717, 1.165) is 46.7 Å². The Balaban J connectivity index is 1.51. The van der Waals surface area contributed by atoms with Crippen molar-refractivity contribution in [3.63, 3.8) is 0 Å². The van der Waals surface area contributed by atoms with Gasteiger partial charge in [0.2, 0.25) is 0 Å². The fourth-order valence-electron chi connectivity index (χ4n) is 5.62. The van der Waals surface area contributed by atoms with Gasteiger partial charge in [-0.2, -0.15) is 0 Å². The summed E-state index contributed by atoms with van der Waals surface area (Å²) in [6.07, 6.45) is 6.83. The molecule has 2 aromatic carbocycles. The molecule has 1 aliphatic carbocycles. The van der Waals surface area contributed by atoms with E-state index in [1.807, 2.05) is 40.5 Å². The second kappa shape index (κ2) is 9.17. The van der Waals surface area contributed by atoms with Gasteiger partial charge in [0.25, 0.3) is 0 Å². The lowest BCUT2D eigenvalue weighted by Gasteiger charge is -2.32. The molecule has 0 bridgehead atoms. The molecule has 0 saturated carbocycles. The number of carbonyl (C=O) groups excluding carboxylic acids is 1. The van der Waals surface area contributed by atoms with E-state index >= 15 is 0 Å². The highest BCUT2D eigenvalue weighted by atomic mass is 32.1. The molecule has 5 nitrogen and oxygen atoms in total. The molecular weight excluding hydrogens is 466 g/mol. The van der Waals surface area contributed by atoms with Crippen molar-refractivity contribution < 1.29 is 9.53 Å². The summed E-state index contributed by atoms with van der Waals surface area (Å²) >= 11 is 1.91. The Hall–Kier alpha value is -3.51. The van der Waals surface area contributed by atoms with Crippen LogP contribution in [0.4, 0.5) is 10.5 Å². The van der Waals surface area contributed by atoms with E-state index in [1.54, 1.807) is 7.11 Å². The second-order valence-electron chi connectivity index (χ2n) is 9.78. The Bertz CT molecular complexity index is 1450. The maximum Gasteiger partial charge on any atom is 0.322 e. The Labute approximate surface area is 216 Å². The van der Waals surface area contributed by atoms with E-state index < -0.39 is 0 Å². The van der Waals surface area contributed by atoms with Crippen molar-refractivity contribution in [2.24, 2.45) is 0 Å². The first-order chi connectivity index (χ1) is 17.5. The fourth-order valence-corrected chi connectivity index (χ4v) is 7.03. The normalized spacial score (nSPS) is 16.5. The quantitative estimate of drug-likeness (QED) is 0.326. The number of thiophene rings is 1. The zero-order valence-electron chi connectivity index (χ0n) is 21.0. The Morgan fingerprint density at radius 3 is 2.72 bits per heavy atom. The number of benzene rings is 2. The van der Waals surface area contributed by atoms with Crippen LogP contribution in [-0.2, 0) is 19.4 Å². The van der Waals surface area contributed by atoms with Gasteiger partial charge in [0.05, 0.1) is 25.4 Å². The van der Waals surface area contributed by atoms with Crippen molar-refractivity contribution in [3.05, 3.63) is 99.2 Å². The first-order valence-corrected chi connectivity index (χ1v) is 13.5. The molecule has 1 N–H and O–H groups in total. The van der Waals surface area contributed by atoms with Crippen LogP contribution in [0, 0.1) is 13.8 Å². The fraction of sp³-hybridized carbons (Fsp3) is 0.300. The summed E-state index contributed by atoms with van der Waals surface area (Å²) in [5.74, 6) is 0.789. The van der Waals surface area contributed by atoms with Gasteiger partial charge >= 0.3 is 6.03 Å². The van der Waals surface area contributed by atoms with Gasteiger partial charge in [0.15, 0.2) is 0 Å². The van der Waals surface area contributed by atoms with Crippen molar-refractivity contribution in [1.82, 2.24) is 9.47 Å². The highest BCUT2D eigenvalue weighted by molar-refractivity contribution is 7.15. The Kier molecular flexibility index (Phi) is 5.84. The van der Waals surface area contributed by atoms with Crippen LogP contribution in [0.15, 0.2) is 60.8 Å². The van der Waals surface area contributed by atoms with Crippen LogP contribution in [0.2, 0.25) is 0 Å². The lowest BCUT2D eigenvalue weighted by Crippen LogP contribution is -2.38. The van der Waals surface area contributed by atoms with Gasteiger partial charge in [-0.15, -0.1) is 11.3 Å². The molecule has 6 heteroatoms. The van der Waals surface area contributed by atoms with Gasteiger partial charge < -0.3 is 19.5 Å². The third-order valence-electron chi connectivity index (χ3n) is 7.70. The summed E-state index contributed by atoms with van der Waals surface area (Å²) in [4.78, 5) is 17.6. The number of urea groups is 1. The van der Waals surface area contributed by atoms with E-state index in [0.29, 0.717) is 6.54 Å². The minimum atomic E-state index is -0.251. The van der Waals surface area contributed by atoms with Crippen molar-refractivity contribution in [2.45, 2.75) is 52.1 Å². The molecule has 3 heterocycles. The molecule has 184 valence electrons. The molecule has 1 aliphatic heterocycles. The average Bonchev–Trinajstić information content (AvgIpc) is 3.48. The minimum Gasteiger partial charge on any atom is -0.497 e. The molecule has 1 atom stereocenters. The van der Waals surface area contributed by atoms with Gasteiger partial charge in [-0.25, -0.2) is 4.79 Å². The summed E-state index contributed by atoms with van der Waals surface area (Å²) in [7, 11) is 1.68. The van der Waals surface area contributed by atoms with Crippen LogP contribution >= 0.6 is 11.3 Å². The number of ether oxygens (including phenoxy) is 1. The standard InChI is InChI=1S/C30H31N3O2S/c1-19-9-6-13-25(20(19)2)31-30(34)33-18-24-23-12-4-5-15-27(23)36-29(24)32-16-8-14-26(32)28(33)21-10-7-11-22(17-21)35-3/h6-11,13-14,16-17,28H,4-5,12,15,18H2,1-3H3,(H,31,34). The predicted octanol–water partition coefficient (Wildman–Crippen LogP) is 7.18. The van der Waals surface area contributed by atoms with Crippen LogP contribution in [0.1, 0.15) is 57.3 Å². The maximum absolute atomic E-state index is 14.1. The highest BCUT2D eigenvalue weighted by Gasteiger charge is 2.36. The van der Waals surface area contributed by atoms with E-state index in [2.05, 4.69) is 60.3 Å². The van der Waals surface area contributed by atoms with E-state index in [9.17, 15) is 4.79 Å². The molecular formula is C30H31N3O2S. The van der Waals surface area contributed by atoms with Gasteiger partial charge in [-0.1, -0.05) is 24.3 Å². The van der Waals surface area contributed by atoms with Crippen molar-refractivity contribution in [2.75, 3.05) is 12.4 Å². The molecule has 1 unspecified atom stereocenters. The summed E-state index contributed by atoms with van der Waals surface area (Å²) in [5, 5.41) is 4.51. The summed E-state index contributed by atoms with van der Waals surface area (Å²) in [5.41, 5.74) is 8.00. The van der Waals surface area contributed by atoms with Crippen LogP contribution in [-0.4, -0.2) is 22.6 Å². The molecule has 0 spiro atoms. The Morgan fingerprint density at radius 2 is 1.86 bits per heavy atom. The van der Waals surface area contributed by atoms with Gasteiger partial charge in [0, 0.05) is 22.3 Å². The first kappa shape index (κ1) is 22.9. The van der Waals surface area contributed by atoms with Gasteiger partial charge in [-0.05, 0) is 92.1 Å². The topological polar surface area (TPSA) is 46.5 Å². The van der Waals surface area contributed by atoms with Crippen LogP contribution in [0.25, 0.3) is 5.00 Å². The lowest BCUT2D eigenvalue weighted by atomic mass is 9.95. The molecule has 4 aromatic rings. The zero-order valence-corrected chi connectivity index (χ0v) is 21.8. The monoisotopic (exact) mass is 497 g/mol. The van der Waals surface area contributed by atoms with Gasteiger partial charge in [0.1, 0.15) is 10.8 Å². The number of amides is 2. The minimum absolute atomic E-state index is 0.0899. The average molecular weight is 498 g/mol. The number of anilines is 1. The Morgan fingerprint density at radius 1 is 1.03 bits per heavy atom. The second-order valence-corrected chi connectivity index (χ2v) is 10.9. The molecule has 6 rings (SSSR count). The molecule has 2 aliphatic rings. The summed E-state index contributed by atoms with van der Waals surface area (Å²) in [6.45, 7) is 4.71. The number of carbonyl (C=O) groups is 1. The number of hydrogen-bond donors (Lipinski definition) is 1. The largest absolute Gasteiger partial charge is 0.497 e. The number of nitrogens with zero attached hydrogens (tertiary/aromatic N) is 2. The molecule has 0 fully saturated rings. The number of aryl methyl sites for hydroxylation is 2. The van der Waals surface area contributed by atoms with Crippen LogP contribution < -0.4 is 10.1 Å². The summed E-state index contributed by atoms with van der Waals surface area (Å²) < 4.78 is 7.88. The first-order valence-electron chi connectivity index (χ1n) is 12.6. The smallest absolute Gasteiger partial charge is 0.322 e. The zero-order chi connectivity index (χ0) is 24.8. The molecule has 0 saturated heterocycles. The van der Waals surface area contributed by atoms with E-state index in [4.69, 9.17) is 4.74 Å². The number of fused-ring (bicyclic) bond motifs is 5. The van der Waals surface area contributed by atoms with E-state index in [1.165, 1.54) is 33.8 Å². The number of aromatic nitrogens is 1. The molecule has 2 amide bonds. The maximum atomic E-state index is 14.1. The van der Waals surface area contributed by atoms with Gasteiger partial charge in [-0.3, -0.25) is 0 Å². The number of methoxy groups -OCH3 is 1. The molecule has 2 aromatic heterocycles. The number of rotatable bonds is 3. The van der Waals surface area contributed by atoms with Crippen molar-refractivity contribution >= 4 is 23.1 Å². The number of hydrogen-bond acceptors (Lipinski definition) is 3. The van der Waals surface area contributed by atoms with Crippen LogP contribution in [0.3, 0.4) is 0 Å². The highest BCUT2D eigenvalue weighted by Crippen LogP contribution is 2.44. The third-order valence-corrected chi connectivity index (χ3v) is 9.03. The summed E-state index contributed by atoms with van der Waals surface area (Å²) in [6, 6.07) is 18.1. The predicted molar refractivity (Wildman–Crippen MR) is 146 cm³/mol. The molecule has 0 radical (unpaired) electrons. The third kappa shape index (κ3) is 3.80. The van der Waals surface area contributed by atoms with Crippen molar-refractivity contribution in [3.8, 4) is 10.8 Å². The lowest BCUT2D eigenvalue weighted by molar-refractivity contribution is 0.194. The molecule has 36 heavy (non-hydrogen) atoms. The van der Waals surface area contributed by atoms with Crippen LogP contribution in [0.5, 0.6) is 5.75 Å².